The number of thiophene rings is 1. The van der Waals surface area contributed by atoms with E-state index in [1.54, 1.807) is 41.9 Å². The third-order valence-electron chi connectivity index (χ3n) is 4.25. The highest BCUT2D eigenvalue weighted by Crippen LogP contribution is 2.41. The second-order valence-corrected chi connectivity index (χ2v) is 7.03. The van der Waals surface area contributed by atoms with Gasteiger partial charge >= 0.3 is 0 Å². The minimum Gasteiger partial charge on any atom is -0.438 e. The molecular weight excluding hydrogens is 306 g/mol. The van der Waals surface area contributed by atoms with Gasteiger partial charge in [-0.3, -0.25) is 0 Å². The number of ether oxygens (including phenoxy) is 1. The monoisotopic (exact) mass is 321 g/mol. The molecule has 0 spiro atoms. The Hall–Kier alpha value is -2.45. The van der Waals surface area contributed by atoms with Gasteiger partial charge in [0.25, 0.3) is 0 Å². The maximum atomic E-state index is 8.88. The molecule has 1 aromatic carbocycles. The molecule has 1 aliphatic rings. The van der Waals surface area contributed by atoms with E-state index in [4.69, 9.17) is 10.00 Å². The Morgan fingerprint density at radius 2 is 2.09 bits per heavy atom. The number of nitrogens with zero attached hydrogens (tertiary/aromatic N) is 3. The first-order valence-electron chi connectivity index (χ1n) is 7.68. The zero-order valence-corrected chi connectivity index (χ0v) is 13.6. The molecule has 3 aromatic rings. The first-order valence-corrected chi connectivity index (χ1v) is 8.49. The van der Waals surface area contributed by atoms with Crippen molar-refractivity contribution in [2.24, 2.45) is 5.92 Å². The van der Waals surface area contributed by atoms with Crippen LogP contribution in [0, 0.1) is 17.2 Å². The van der Waals surface area contributed by atoms with Crippen LogP contribution in [0.25, 0.3) is 10.2 Å². The predicted octanol–water partition coefficient (Wildman–Crippen LogP) is 4.48. The van der Waals surface area contributed by atoms with Gasteiger partial charge in [-0.05, 0) is 55.0 Å². The molecule has 0 radical (unpaired) electrons. The summed E-state index contributed by atoms with van der Waals surface area (Å²) in [6.45, 7) is 2.30. The Morgan fingerprint density at radius 1 is 1.26 bits per heavy atom. The number of rotatable bonds is 2. The fraction of sp³-hybridized carbons (Fsp3) is 0.278. The Bertz CT molecular complexity index is 908. The van der Waals surface area contributed by atoms with Crippen molar-refractivity contribution in [3.05, 3.63) is 46.6 Å². The quantitative estimate of drug-likeness (QED) is 0.698. The average Bonchev–Trinajstić information content (AvgIpc) is 2.94. The molecule has 0 amide bonds. The molecule has 1 atom stereocenters. The number of aromatic nitrogens is 2. The van der Waals surface area contributed by atoms with Crippen molar-refractivity contribution in [3.8, 4) is 17.7 Å². The summed E-state index contributed by atoms with van der Waals surface area (Å²) in [4.78, 5) is 11.2. The van der Waals surface area contributed by atoms with Crippen molar-refractivity contribution in [2.45, 2.75) is 26.2 Å². The summed E-state index contributed by atoms with van der Waals surface area (Å²) in [6, 6.07) is 9.20. The summed E-state index contributed by atoms with van der Waals surface area (Å²) in [5.41, 5.74) is 1.97. The Labute approximate surface area is 138 Å². The fourth-order valence-electron chi connectivity index (χ4n) is 3.03. The first kappa shape index (κ1) is 14.2. The van der Waals surface area contributed by atoms with Gasteiger partial charge in [0.05, 0.1) is 17.0 Å². The zero-order valence-electron chi connectivity index (χ0n) is 12.7. The van der Waals surface area contributed by atoms with Crippen LogP contribution in [0.5, 0.6) is 11.6 Å². The molecule has 2 aromatic heterocycles. The van der Waals surface area contributed by atoms with Crippen molar-refractivity contribution in [1.82, 2.24) is 9.97 Å². The fourth-order valence-corrected chi connectivity index (χ4v) is 4.37. The third-order valence-corrected chi connectivity index (χ3v) is 5.42. The van der Waals surface area contributed by atoms with E-state index in [-0.39, 0.29) is 0 Å². The van der Waals surface area contributed by atoms with Crippen LogP contribution in [0.15, 0.2) is 30.6 Å². The maximum Gasteiger partial charge on any atom is 0.231 e. The van der Waals surface area contributed by atoms with Crippen LogP contribution in [0.2, 0.25) is 0 Å². The highest BCUT2D eigenvalue weighted by atomic mass is 32.1. The first-order chi connectivity index (χ1) is 11.2. The molecule has 0 N–H and O–H groups in total. The minimum absolute atomic E-state index is 0.617. The van der Waals surface area contributed by atoms with Gasteiger partial charge in [0.1, 0.15) is 16.9 Å². The second kappa shape index (κ2) is 5.64. The van der Waals surface area contributed by atoms with E-state index in [1.165, 1.54) is 16.9 Å². The number of hydrogen-bond acceptors (Lipinski definition) is 5. The number of benzene rings is 1. The van der Waals surface area contributed by atoms with E-state index >= 15 is 0 Å². The molecule has 4 rings (SSSR count). The van der Waals surface area contributed by atoms with Crippen LogP contribution in [-0.4, -0.2) is 9.97 Å². The van der Waals surface area contributed by atoms with Crippen molar-refractivity contribution in [1.29, 1.82) is 5.26 Å². The highest BCUT2D eigenvalue weighted by Gasteiger charge is 2.23. The number of hydrogen-bond donors (Lipinski definition) is 0. The molecule has 1 aliphatic carbocycles. The molecule has 23 heavy (non-hydrogen) atoms. The summed E-state index contributed by atoms with van der Waals surface area (Å²) in [7, 11) is 0. The lowest BCUT2D eigenvalue weighted by Crippen LogP contribution is -2.08. The maximum absolute atomic E-state index is 8.88. The molecule has 0 bridgehead atoms. The summed E-state index contributed by atoms with van der Waals surface area (Å²) < 4.78 is 5.99. The van der Waals surface area contributed by atoms with Gasteiger partial charge in [-0.1, -0.05) is 6.92 Å². The van der Waals surface area contributed by atoms with E-state index in [1.807, 2.05) is 0 Å². The van der Waals surface area contributed by atoms with E-state index in [0.717, 1.165) is 29.0 Å². The normalized spacial score (nSPS) is 16.8. The molecule has 0 saturated heterocycles. The van der Waals surface area contributed by atoms with Crippen LogP contribution < -0.4 is 4.74 Å². The molecular formula is C18H15N3OS. The van der Waals surface area contributed by atoms with Crippen molar-refractivity contribution < 1.29 is 4.74 Å². The molecule has 0 unspecified atom stereocenters. The van der Waals surface area contributed by atoms with E-state index in [2.05, 4.69) is 23.0 Å². The van der Waals surface area contributed by atoms with E-state index < -0.39 is 0 Å². The summed E-state index contributed by atoms with van der Waals surface area (Å²) in [6.07, 6.45) is 4.94. The van der Waals surface area contributed by atoms with Crippen LogP contribution >= 0.6 is 11.3 Å². The van der Waals surface area contributed by atoms with Crippen LogP contribution in [0.3, 0.4) is 0 Å². The standard InChI is InChI=1S/C18H15N3OS/c1-11-2-7-14-15(8-11)23-18-16(14)17(20-10-21-18)22-13-5-3-12(9-19)4-6-13/h3-6,10-11H,2,7-8H2,1H3/t11-/m1/s1. The highest BCUT2D eigenvalue weighted by molar-refractivity contribution is 7.18. The van der Waals surface area contributed by atoms with Gasteiger partial charge in [0, 0.05) is 4.88 Å². The van der Waals surface area contributed by atoms with Gasteiger partial charge in [0.15, 0.2) is 0 Å². The topological polar surface area (TPSA) is 58.8 Å². The summed E-state index contributed by atoms with van der Waals surface area (Å²) in [5.74, 6) is 2.03. The molecule has 0 saturated carbocycles. The van der Waals surface area contributed by atoms with Crippen LogP contribution in [0.4, 0.5) is 0 Å². The van der Waals surface area contributed by atoms with E-state index in [0.29, 0.717) is 17.2 Å². The molecule has 2 heterocycles. The molecule has 0 aliphatic heterocycles. The second-order valence-electron chi connectivity index (χ2n) is 5.95. The minimum atomic E-state index is 0.617. The van der Waals surface area contributed by atoms with Crippen molar-refractivity contribution in [3.63, 3.8) is 0 Å². The average molecular weight is 321 g/mol. The van der Waals surface area contributed by atoms with Crippen molar-refractivity contribution in [2.75, 3.05) is 0 Å². The van der Waals surface area contributed by atoms with Gasteiger partial charge in [-0.15, -0.1) is 11.3 Å². The molecule has 0 fully saturated rings. The molecule has 114 valence electrons. The Balaban J connectivity index is 1.76. The van der Waals surface area contributed by atoms with Gasteiger partial charge in [-0.2, -0.15) is 5.26 Å². The lowest BCUT2D eigenvalue weighted by atomic mass is 9.89. The van der Waals surface area contributed by atoms with Crippen LogP contribution in [-0.2, 0) is 12.8 Å². The van der Waals surface area contributed by atoms with Crippen molar-refractivity contribution >= 4 is 21.6 Å². The molecule has 4 nitrogen and oxygen atoms in total. The summed E-state index contributed by atoms with van der Waals surface area (Å²) in [5, 5.41) is 9.93. The lowest BCUT2D eigenvalue weighted by molar-refractivity contribution is 0.466. The lowest BCUT2D eigenvalue weighted by Gasteiger charge is -2.18. The van der Waals surface area contributed by atoms with Crippen LogP contribution in [0.1, 0.15) is 29.3 Å². The Kier molecular flexibility index (Phi) is 3.47. The SMILES string of the molecule is C[C@@H]1CCc2c(sc3ncnc(Oc4ccc(C#N)cc4)c23)C1. The number of fused-ring (bicyclic) bond motifs is 3. The Morgan fingerprint density at radius 3 is 2.87 bits per heavy atom. The van der Waals surface area contributed by atoms with Gasteiger partial charge in [0.2, 0.25) is 5.88 Å². The number of nitriles is 1. The van der Waals surface area contributed by atoms with E-state index in [9.17, 15) is 0 Å². The molecule has 5 heteroatoms. The van der Waals surface area contributed by atoms with Gasteiger partial charge in [-0.25, -0.2) is 9.97 Å². The summed E-state index contributed by atoms with van der Waals surface area (Å²) >= 11 is 1.76. The smallest absolute Gasteiger partial charge is 0.231 e. The largest absolute Gasteiger partial charge is 0.438 e. The zero-order chi connectivity index (χ0) is 15.8. The van der Waals surface area contributed by atoms with Gasteiger partial charge < -0.3 is 4.74 Å². The number of aryl methyl sites for hydroxylation is 1. The predicted molar refractivity (Wildman–Crippen MR) is 89.8 cm³/mol. The third kappa shape index (κ3) is 2.55.